The Balaban J connectivity index is 1.79. The molecule has 0 fully saturated rings. The lowest BCUT2D eigenvalue weighted by Crippen LogP contribution is -2.53. The molecule has 2 aromatic carbocycles. The minimum atomic E-state index is -4.52. The number of pyridine rings is 1. The van der Waals surface area contributed by atoms with E-state index in [0.29, 0.717) is 5.56 Å². The molecule has 0 saturated carbocycles. The highest BCUT2D eigenvalue weighted by Crippen LogP contribution is 2.46. The summed E-state index contributed by atoms with van der Waals surface area (Å²) in [6, 6.07) is 11.8. The number of fused-ring (bicyclic) bond motifs is 3. The quantitative estimate of drug-likeness (QED) is 0.582. The van der Waals surface area contributed by atoms with Gasteiger partial charge in [0, 0.05) is 22.9 Å². The molecule has 1 amide bonds. The summed E-state index contributed by atoms with van der Waals surface area (Å²) in [6.07, 6.45) is -3.17. The number of halogens is 3. The zero-order valence-electron chi connectivity index (χ0n) is 16.4. The molecule has 5 rings (SSSR count). The highest BCUT2D eigenvalue weighted by Gasteiger charge is 2.39. The van der Waals surface area contributed by atoms with Gasteiger partial charge in [-0.2, -0.15) is 13.2 Å². The van der Waals surface area contributed by atoms with Gasteiger partial charge < -0.3 is 10.4 Å². The Bertz CT molecular complexity index is 1310. The lowest BCUT2D eigenvalue weighted by Gasteiger charge is -2.40. The lowest BCUT2D eigenvalue weighted by atomic mass is 9.91. The summed E-state index contributed by atoms with van der Waals surface area (Å²) in [6.45, 7) is -0.0342. The molecule has 2 aliphatic rings. The number of aromatic hydroxyl groups is 1. The van der Waals surface area contributed by atoms with Crippen LogP contribution in [-0.2, 0) is 11.9 Å². The average molecular weight is 459 g/mol. The fourth-order valence-electron chi connectivity index (χ4n) is 4.23. The molecule has 0 saturated heterocycles. The summed E-state index contributed by atoms with van der Waals surface area (Å²) in [5, 5.41) is 14.5. The Labute approximate surface area is 184 Å². The predicted molar refractivity (Wildman–Crippen MR) is 112 cm³/mol. The SMILES string of the molecule is O=C1NCN(C2c3ccccc3SCc3c2cccc3C(F)(F)F)n2ccc(=O)c(O)c21. The molecular weight excluding hydrogens is 443 g/mol. The van der Waals surface area contributed by atoms with E-state index >= 15 is 0 Å². The molecule has 10 heteroatoms. The van der Waals surface area contributed by atoms with E-state index in [4.69, 9.17) is 0 Å². The van der Waals surface area contributed by atoms with Crippen LogP contribution in [0.1, 0.15) is 38.8 Å². The molecule has 0 spiro atoms. The largest absolute Gasteiger partial charge is 0.502 e. The van der Waals surface area contributed by atoms with Crippen LogP contribution in [0.2, 0.25) is 0 Å². The minimum absolute atomic E-state index is 0.0342. The van der Waals surface area contributed by atoms with E-state index in [1.165, 1.54) is 28.7 Å². The molecule has 32 heavy (non-hydrogen) atoms. The number of aromatic nitrogens is 1. The number of carbonyl (C=O) groups excluding carboxylic acids is 1. The van der Waals surface area contributed by atoms with Gasteiger partial charge in [0.05, 0.1) is 11.6 Å². The number of amides is 1. The van der Waals surface area contributed by atoms with Gasteiger partial charge in [0.15, 0.2) is 11.4 Å². The minimum Gasteiger partial charge on any atom is -0.502 e. The van der Waals surface area contributed by atoms with E-state index in [-0.39, 0.29) is 23.7 Å². The molecule has 1 atom stereocenters. The molecule has 1 unspecified atom stereocenters. The number of nitrogens with zero attached hydrogens (tertiary/aromatic N) is 2. The van der Waals surface area contributed by atoms with Crippen LogP contribution in [0.3, 0.4) is 0 Å². The van der Waals surface area contributed by atoms with Gasteiger partial charge in [0.25, 0.3) is 5.91 Å². The Kier molecular flexibility index (Phi) is 4.70. The Morgan fingerprint density at radius 3 is 2.56 bits per heavy atom. The van der Waals surface area contributed by atoms with Crippen molar-refractivity contribution in [2.75, 3.05) is 11.7 Å². The molecule has 164 valence electrons. The monoisotopic (exact) mass is 459 g/mol. The third-order valence-electron chi connectivity index (χ3n) is 5.64. The number of rotatable bonds is 1. The summed E-state index contributed by atoms with van der Waals surface area (Å²) >= 11 is 1.32. The van der Waals surface area contributed by atoms with Crippen LogP contribution in [0, 0.1) is 0 Å². The predicted octanol–water partition coefficient (Wildman–Crippen LogP) is 3.61. The fraction of sp³-hybridized carbons (Fsp3) is 0.182. The maximum absolute atomic E-state index is 13.8. The second kappa shape index (κ2) is 7.33. The van der Waals surface area contributed by atoms with Gasteiger partial charge in [0.2, 0.25) is 5.43 Å². The lowest BCUT2D eigenvalue weighted by molar-refractivity contribution is -0.138. The van der Waals surface area contributed by atoms with E-state index in [9.17, 15) is 27.9 Å². The highest BCUT2D eigenvalue weighted by atomic mass is 32.2. The molecular formula is C22H16F3N3O3S. The molecule has 6 nitrogen and oxygen atoms in total. The second-order valence-corrected chi connectivity index (χ2v) is 8.44. The Morgan fingerprint density at radius 1 is 1.03 bits per heavy atom. The van der Waals surface area contributed by atoms with Crippen molar-refractivity contribution in [1.29, 1.82) is 0 Å². The van der Waals surface area contributed by atoms with Crippen molar-refractivity contribution in [1.82, 2.24) is 9.99 Å². The maximum Gasteiger partial charge on any atom is 0.416 e. The van der Waals surface area contributed by atoms with E-state index < -0.39 is 34.9 Å². The van der Waals surface area contributed by atoms with Gasteiger partial charge in [-0.1, -0.05) is 30.3 Å². The number of nitrogens with one attached hydrogen (secondary N) is 1. The van der Waals surface area contributed by atoms with Gasteiger partial charge >= 0.3 is 6.18 Å². The molecule has 0 radical (unpaired) electrons. The van der Waals surface area contributed by atoms with Crippen LogP contribution in [-0.4, -0.2) is 22.4 Å². The van der Waals surface area contributed by atoms with Gasteiger partial charge in [-0.05, 0) is 28.8 Å². The second-order valence-electron chi connectivity index (χ2n) is 7.43. The van der Waals surface area contributed by atoms with Crippen molar-refractivity contribution in [2.45, 2.75) is 22.9 Å². The molecule has 3 heterocycles. The van der Waals surface area contributed by atoms with Crippen molar-refractivity contribution < 1.29 is 23.1 Å². The first-order valence-electron chi connectivity index (χ1n) is 9.68. The van der Waals surface area contributed by atoms with Crippen molar-refractivity contribution in [3.05, 3.63) is 92.9 Å². The fourth-order valence-corrected chi connectivity index (χ4v) is 5.38. The first-order chi connectivity index (χ1) is 15.3. The van der Waals surface area contributed by atoms with Crippen LogP contribution < -0.4 is 15.8 Å². The van der Waals surface area contributed by atoms with Gasteiger partial charge in [0.1, 0.15) is 6.67 Å². The molecule has 2 aliphatic heterocycles. The number of hydrogen-bond acceptors (Lipinski definition) is 5. The first kappa shape index (κ1) is 20.5. The number of alkyl halides is 3. The standard InChI is InChI=1S/C22H16F3N3O3S/c23-22(24,25)15-6-3-5-12-14(15)10-32-17-7-2-1-4-13(17)18(12)28-11-26-21(31)19-20(30)16(29)8-9-27(19)28/h1-9,18,30H,10-11H2,(H,26,31). The van der Waals surface area contributed by atoms with Crippen LogP contribution in [0.15, 0.2) is 64.4 Å². The van der Waals surface area contributed by atoms with E-state index in [0.717, 1.165) is 22.6 Å². The summed E-state index contributed by atoms with van der Waals surface area (Å²) < 4.78 is 42.9. The smallest absolute Gasteiger partial charge is 0.416 e. The third-order valence-corrected chi connectivity index (χ3v) is 6.76. The molecule has 3 aromatic rings. The topological polar surface area (TPSA) is 74.6 Å². The average Bonchev–Trinajstić information content (AvgIpc) is 2.92. The number of hydrogen-bond donors (Lipinski definition) is 2. The van der Waals surface area contributed by atoms with E-state index in [1.54, 1.807) is 17.1 Å². The van der Waals surface area contributed by atoms with Crippen LogP contribution in [0.4, 0.5) is 13.2 Å². The number of benzene rings is 2. The van der Waals surface area contributed by atoms with E-state index in [2.05, 4.69) is 5.32 Å². The maximum atomic E-state index is 13.8. The highest BCUT2D eigenvalue weighted by molar-refractivity contribution is 7.98. The molecule has 0 aliphatic carbocycles. The zero-order valence-corrected chi connectivity index (χ0v) is 17.2. The van der Waals surface area contributed by atoms with E-state index in [1.807, 2.05) is 18.2 Å². The van der Waals surface area contributed by atoms with Gasteiger partial charge in [-0.3, -0.25) is 19.3 Å². The summed E-state index contributed by atoms with van der Waals surface area (Å²) in [4.78, 5) is 25.2. The third kappa shape index (κ3) is 3.13. The summed E-state index contributed by atoms with van der Waals surface area (Å²) in [5.74, 6) is -1.23. The van der Waals surface area contributed by atoms with Gasteiger partial charge in [-0.15, -0.1) is 11.8 Å². The Morgan fingerprint density at radius 2 is 1.78 bits per heavy atom. The number of carbonyl (C=O) groups is 1. The Hall–Kier alpha value is -3.40. The van der Waals surface area contributed by atoms with Gasteiger partial charge in [-0.25, -0.2) is 0 Å². The molecule has 1 aromatic heterocycles. The van der Waals surface area contributed by atoms with Crippen molar-refractivity contribution in [3.8, 4) is 5.75 Å². The van der Waals surface area contributed by atoms with Crippen molar-refractivity contribution in [3.63, 3.8) is 0 Å². The summed E-state index contributed by atoms with van der Waals surface area (Å²) in [7, 11) is 0. The number of thioether (sulfide) groups is 1. The zero-order chi connectivity index (χ0) is 22.6. The van der Waals surface area contributed by atoms with Crippen LogP contribution >= 0.6 is 11.8 Å². The first-order valence-corrected chi connectivity index (χ1v) is 10.7. The normalized spacial score (nSPS) is 17.7. The van der Waals surface area contributed by atoms with Crippen LogP contribution in [0.25, 0.3) is 0 Å². The summed E-state index contributed by atoms with van der Waals surface area (Å²) in [5.41, 5.74) is -0.316. The van der Waals surface area contributed by atoms with Crippen molar-refractivity contribution in [2.24, 2.45) is 0 Å². The molecule has 0 bridgehead atoms. The van der Waals surface area contributed by atoms with Crippen molar-refractivity contribution >= 4 is 17.7 Å². The van der Waals surface area contributed by atoms with Crippen LogP contribution in [0.5, 0.6) is 5.75 Å². The molecule has 2 N–H and O–H groups in total.